The van der Waals surface area contributed by atoms with E-state index in [0.29, 0.717) is 0 Å². The molecular weight excluding hydrogens is 627 g/mol. The van der Waals surface area contributed by atoms with Crippen LogP contribution >= 0.6 is 0 Å². The van der Waals surface area contributed by atoms with Crippen molar-refractivity contribution in [3.63, 3.8) is 0 Å². The summed E-state index contributed by atoms with van der Waals surface area (Å²) in [6.45, 7) is 0. The minimum Gasteiger partial charge on any atom is -0.310 e. The number of hydrogen-bond donors (Lipinski definition) is 0. The van der Waals surface area contributed by atoms with E-state index >= 15 is 0 Å². The number of rotatable bonds is 7. The molecule has 52 heavy (non-hydrogen) atoms. The maximum atomic E-state index is 2.52. The van der Waals surface area contributed by atoms with Gasteiger partial charge in [0, 0.05) is 17.1 Å². The summed E-state index contributed by atoms with van der Waals surface area (Å²) in [5.41, 5.74) is 14.4. The van der Waals surface area contributed by atoms with Gasteiger partial charge < -0.3 is 4.90 Å². The Labute approximate surface area is 309 Å². The normalized spacial score (nSPS) is 26.0. The second-order valence-electron chi connectivity index (χ2n) is 16.8. The zero-order chi connectivity index (χ0) is 34.2. The Morgan fingerprint density at radius 3 is 1.38 bits per heavy atom. The highest BCUT2D eigenvalue weighted by molar-refractivity contribution is 5.90. The van der Waals surface area contributed by atoms with Crippen molar-refractivity contribution in [2.75, 3.05) is 4.90 Å². The summed E-state index contributed by atoms with van der Waals surface area (Å²) in [6.07, 6.45) is 11.4. The van der Waals surface area contributed by atoms with Crippen molar-refractivity contribution in [1.29, 1.82) is 0 Å². The predicted octanol–water partition coefficient (Wildman–Crippen LogP) is 13.3. The van der Waals surface area contributed by atoms with Gasteiger partial charge in [-0.25, -0.2) is 0 Å². The summed E-state index contributed by atoms with van der Waals surface area (Å²) in [7, 11) is 0. The number of fused-ring (bicyclic) bond motifs is 7. The molecule has 0 heterocycles. The third kappa shape index (κ3) is 4.67. The standard InChI is InChI=1S/C51H47N/c1-3-9-40(10-4-1)51(41-11-5-2-6-12-41)49-14-8-7-13-45(49)48-33-44(27-28-50(48)51)52(42-23-19-36(20-24-42)46-31-34-15-17-38(46)29-34)43-25-21-37(22-26-43)47-32-35-16-18-39(47)30-35/h1-14,19-28,33-35,38-39,46-47H,15-18,29-32H2. The third-order valence-electron chi connectivity index (χ3n) is 14.3. The van der Waals surface area contributed by atoms with Crippen LogP contribution < -0.4 is 4.90 Å². The number of anilines is 3. The third-order valence-corrected chi connectivity index (χ3v) is 14.3. The van der Waals surface area contributed by atoms with Crippen molar-refractivity contribution in [3.8, 4) is 11.1 Å². The molecule has 0 radical (unpaired) electrons. The van der Waals surface area contributed by atoms with Gasteiger partial charge in [-0.05, 0) is 155 Å². The van der Waals surface area contributed by atoms with E-state index in [2.05, 4.69) is 157 Å². The molecule has 4 saturated carbocycles. The van der Waals surface area contributed by atoms with Crippen molar-refractivity contribution in [3.05, 3.63) is 185 Å². The van der Waals surface area contributed by atoms with Crippen molar-refractivity contribution < 1.29 is 0 Å². The van der Waals surface area contributed by atoms with Crippen molar-refractivity contribution in [2.24, 2.45) is 23.7 Å². The maximum Gasteiger partial charge on any atom is 0.0713 e. The molecule has 5 aliphatic carbocycles. The topological polar surface area (TPSA) is 3.24 Å². The maximum absolute atomic E-state index is 2.52. The molecule has 6 unspecified atom stereocenters. The van der Waals surface area contributed by atoms with Gasteiger partial charge in [-0.3, -0.25) is 0 Å². The van der Waals surface area contributed by atoms with E-state index < -0.39 is 0 Å². The molecule has 6 aromatic carbocycles. The van der Waals surface area contributed by atoms with Crippen LogP contribution in [-0.4, -0.2) is 0 Å². The first kappa shape index (κ1) is 30.7. The van der Waals surface area contributed by atoms with Crippen molar-refractivity contribution in [2.45, 2.75) is 68.6 Å². The first-order chi connectivity index (χ1) is 25.7. The minimum atomic E-state index is -0.386. The Bertz CT molecular complexity index is 2120. The molecule has 5 aliphatic rings. The molecule has 1 nitrogen and oxygen atoms in total. The van der Waals surface area contributed by atoms with E-state index in [1.807, 2.05) is 0 Å². The Morgan fingerprint density at radius 1 is 0.404 bits per heavy atom. The van der Waals surface area contributed by atoms with Gasteiger partial charge >= 0.3 is 0 Å². The van der Waals surface area contributed by atoms with Crippen LogP contribution in [0.1, 0.15) is 96.6 Å². The van der Waals surface area contributed by atoms with Crippen LogP contribution in [0.25, 0.3) is 11.1 Å². The largest absolute Gasteiger partial charge is 0.310 e. The van der Waals surface area contributed by atoms with E-state index in [9.17, 15) is 0 Å². The van der Waals surface area contributed by atoms with E-state index in [0.717, 1.165) is 35.5 Å². The minimum absolute atomic E-state index is 0.386. The summed E-state index contributed by atoms with van der Waals surface area (Å²) < 4.78 is 0. The zero-order valence-corrected chi connectivity index (χ0v) is 30.0. The van der Waals surface area contributed by atoms with Gasteiger partial charge in [-0.1, -0.05) is 128 Å². The molecular formula is C51H47N. The summed E-state index contributed by atoms with van der Waals surface area (Å²) >= 11 is 0. The highest BCUT2D eigenvalue weighted by Gasteiger charge is 2.46. The zero-order valence-electron chi connectivity index (χ0n) is 30.0. The molecule has 0 amide bonds. The summed E-state index contributed by atoms with van der Waals surface area (Å²) in [5.74, 6) is 5.15. The van der Waals surface area contributed by atoms with Gasteiger partial charge in [0.1, 0.15) is 0 Å². The Hall–Kier alpha value is -4.88. The molecule has 0 spiro atoms. The van der Waals surface area contributed by atoms with Crippen LogP contribution in [0, 0.1) is 23.7 Å². The Kier molecular flexibility index (Phi) is 7.14. The summed E-state index contributed by atoms with van der Waals surface area (Å²) in [6, 6.07) is 58.2. The summed E-state index contributed by atoms with van der Waals surface area (Å²) in [5, 5.41) is 0. The van der Waals surface area contributed by atoms with Crippen molar-refractivity contribution in [1.82, 2.24) is 0 Å². The van der Waals surface area contributed by atoms with Gasteiger partial charge in [-0.15, -0.1) is 0 Å². The van der Waals surface area contributed by atoms with Crippen LogP contribution in [-0.2, 0) is 5.41 Å². The Morgan fingerprint density at radius 2 is 0.885 bits per heavy atom. The monoisotopic (exact) mass is 673 g/mol. The average Bonchev–Trinajstić information content (AvgIpc) is 4.07. The molecule has 0 aliphatic heterocycles. The van der Waals surface area contributed by atoms with Gasteiger partial charge in [-0.2, -0.15) is 0 Å². The molecule has 6 atom stereocenters. The van der Waals surface area contributed by atoms with Crippen LogP contribution in [0.5, 0.6) is 0 Å². The Balaban J connectivity index is 1.05. The molecule has 256 valence electrons. The van der Waals surface area contributed by atoms with E-state index in [-0.39, 0.29) is 5.41 Å². The first-order valence-corrected chi connectivity index (χ1v) is 20.1. The molecule has 0 N–H and O–H groups in total. The molecule has 11 rings (SSSR count). The quantitative estimate of drug-likeness (QED) is 0.163. The number of nitrogens with zero attached hydrogens (tertiary/aromatic N) is 1. The summed E-state index contributed by atoms with van der Waals surface area (Å²) in [4.78, 5) is 2.52. The van der Waals surface area contributed by atoms with Gasteiger partial charge in [0.05, 0.1) is 5.41 Å². The van der Waals surface area contributed by atoms with Crippen LogP contribution in [0.4, 0.5) is 17.1 Å². The smallest absolute Gasteiger partial charge is 0.0713 e. The lowest BCUT2D eigenvalue weighted by Crippen LogP contribution is -2.28. The second kappa shape index (κ2) is 12.1. The average molecular weight is 674 g/mol. The lowest BCUT2D eigenvalue weighted by atomic mass is 9.68. The lowest BCUT2D eigenvalue weighted by Gasteiger charge is -2.34. The lowest BCUT2D eigenvalue weighted by molar-refractivity contribution is 0.420. The number of hydrogen-bond acceptors (Lipinski definition) is 1. The van der Waals surface area contributed by atoms with E-state index in [4.69, 9.17) is 0 Å². The fraction of sp³-hybridized carbons (Fsp3) is 0.294. The SMILES string of the molecule is c1ccc(C2(c3ccccc3)c3ccccc3-c3cc(N(c4ccc(C5CC6CCC5C6)cc4)c4ccc(C5CC6CCC5C6)cc4)ccc32)cc1. The van der Waals surface area contributed by atoms with Crippen LogP contribution in [0.2, 0.25) is 0 Å². The molecule has 0 saturated heterocycles. The molecule has 0 aromatic heterocycles. The van der Waals surface area contributed by atoms with Crippen LogP contribution in [0.15, 0.2) is 152 Å². The second-order valence-corrected chi connectivity index (χ2v) is 16.8. The van der Waals surface area contributed by atoms with Gasteiger partial charge in [0.2, 0.25) is 0 Å². The predicted molar refractivity (Wildman–Crippen MR) is 215 cm³/mol. The highest BCUT2D eigenvalue weighted by atomic mass is 15.1. The molecule has 1 heteroatoms. The number of benzene rings is 6. The van der Waals surface area contributed by atoms with E-state index in [1.54, 1.807) is 11.1 Å². The first-order valence-electron chi connectivity index (χ1n) is 20.1. The van der Waals surface area contributed by atoms with Crippen LogP contribution in [0.3, 0.4) is 0 Å². The molecule has 4 bridgehead atoms. The molecule has 6 aromatic rings. The fourth-order valence-electron chi connectivity index (χ4n) is 12.1. The highest BCUT2D eigenvalue weighted by Crippen LogP contribution is 2.58. The van der Waals surface area contributed by atoms with E-state index in [1.165, 1.54) is 102 Å². The molecule has 4 fully saturated rings. The van der Waals surface area contributed by atoms with Gasteiger partial charge in [0.15, 0.2) is 0 Å². The van der Waals surface area contributed by atoms with Gasteiger partial charge in [0.25, 0.3) is 0 Å². The van der Waals surface area contributed by atoms with Crippen molar-refractivity contribution >= 4 is 17.1 Å². The fourth-order valence-corrected chi connectivity index (χ4v) is 12.1.